The second-order valence-corrected chi connectivity index (χ2v) is 7.75. The molecule has 7 heteroatoms. The molecule has 0 spiro atoms. The number of hydrogen-bond donors (Lipinski definition) is 3. The maximum atomic E-state index is 13.9. The molecule has 1 aromatic rings. The van der Waals surface area contributed by atoms with Gasteiger partial charge in [0.15, 0.2) is 5.96 Å². The number of aliphatic imine (C=N–C) groups is 1. The van der Waals surface area contributed by atoms with Crippen molar-refractivity contribution in [3.05, 3.63) is 35.1 Å². The van der Waals surface area contributed by atoms with Gasteiger partial charge in [0, 0.05) is 31.8 Å². The summed E-state index contributed by atoms with van der Waals surface area (Å²) < 4.78 is 13.9. The quantitative estimate of drug-likeness (QED) is 0.243. The number of aliphatic hydroxyl groups excluding tert-OH is 1. The van der Waals surface area contributed by atoms with Crippen molar-refractivity contribution in [3.63, 3.8) is 0 Å². The van der Waals surface area contributed by atoms with E-state index in [1.54, 1.807) is 6.07 Å². The molecular formula is C21H38FIN4O. The number of aliphatic hydroxyl groups is 1. The topological polar surface area (TPSA) is 59.9 Å². The molecule has 3 N–H and O–H groups in total. The predicted molar refractivity (Wildman–Crippen MR) is 127 cm³/mol. The van der Waals surface area contributed by atoms with E-state index in [2.05, 4.69) is 29.5 Å². The number of benzene rings is 1. The Morgan fingerprint density at radius 1 is 1.25 bits per heavy atom. The van der Waals surface area contributed by atoms with Crippen LogP contribution in [-0.2, 0) is 13.1 Å². The molecule has 162 valence electrons. The van der Waals surface area contributed by atoms with Gasteiger partial charge >= 0.3 is 0 Å². The van der Waals surface area contributed by atoms with Crippen molar-refractivity contribution in [1.82, 2.24) is 15.5 Å². The van der Waals surface area contributed by atoms with Crippen LogP contribution < -0.4 is 10.6 Å². The van der Waals surface area contributed by atoms with Crippen LogP contribution in [0.15, 0.2) is 23.2 Å². The number of guanidine groups is 1. The first kappa shape index (κ1) is 27.1. The van der Waals surface area contributed by atoms with Gasteiger partial charge in [0.1, 0.15) is 5.82 Å². The van der Waals surface area contributed by atoms with Crippen molar-refractivity contribution in [3.8, 4) is 0 Å². The van der Waals surface area contributed by atoms with Gasteiger partial charge in [-0.1, -0.05) is 19.9 Å². The van der Waals surface area contributed by atoms with Crippen LogP contribution in [-0.4, -0.2) is 49.8 Å². The van der Waals surface area contributed by atoms with Gasteiger partial charge in [-0.3, -0.25) is 0 Å². The zero-order chi connectivity index (χ0) is 20.2. The number of hydrogen-bond acceptors (Lipinski definition) is 3. The first-order chi connectivity index (χ1) is 12.8. The van der Waals surface area contributed by atoms with Crippen LogP contribution in [0.3, 0.4) is 0 Å². The molecule has 0 bridgehead atoms. The molecule has 0 amide bonds. The summed E-state index contributed by atoms with van der Waals surface area (Å²) in [5, 5.41) is 15.9. The highest BCUT2D eigenvalue weighted by molar-refractivity contribution is 14.0. The molecule has 5 nitrogen and oxygen atoms in total. The molecule has 0 saturated carbocycles. The van der Waals surface area contributed by atoms with E-state index < -0.39 is 0 Å². The summed E-state index contributed by atoms with van der Waals surface area (Å²) in [4.78, 5) is 6.59. The van der Waals surface area contributed by atoms with E-state index in [0.29, 0.717) is 30.5 Å². The van der Waals surface area contributed by atoms with Crippen molar-refractivity contribution in [2.75, 3.05) is 33.8 Å². The minimum absolute atomic E-state index is 0. The lowest BCUT2D eigenvalue weighted by molar-refractivity contribution is 0.243. The Hall–Kier alpha value is -0.930. The van der Waals surface area contributed by atoms with E-state index in [9.17, 15) is 9.50 Å². The second kappa shape index (κ2) is 15.0. The van der Waals surface area contributed by atoms with E-state index in [4.69, 9.17) is 0 Å². The molecule has 1 rings (SSSR count). The molecule has 0 heterocycles. The van der Waals surface area contributed by atoms with Crippen molar-refractivity contribution < 1.29 is 9.50 Å². The molecule has 0 aliphatic rings. The summed E-state index contributed by atoms with van der Waals surface area (Å²) in [5.41, 5.74) is 1.67. The third-order valence-electron chi connectivity index (χ3n) is 4.26. The Morgan fingerprint density at radius 2 is 1.96 bits per heavy atom. The van der Waals surface area contributed by atoms with Gasteiger partial charge in [-0.25, -0.2) is 9.38 Å². The Labute approximate surface area is 187 Å². The minimum atomic E-state index is -0.179. The van der Waals surface area contributed by atoms with Gasteiger partial charge < -0.3 is 20.6 Å². The molecule has 1 aromatic carbocycles. The van der Waals surface area contributed by atoms with Crippen molar-refractivity contribution in [2.24, 2.45) is 16.8 Å². The second-order valence-electron chi connectivity index (χ2n) is 7.75. The summed E-state index contributed by atoms with van der Waals surface area (Å²) in [6.45, 7) is 9.24. The van der Waals surface area contributed by atoms with Gasteiger partial charge in [0.2, 0.25) is 0 Å². The highest BCUT2D eigenvalue weighted by Crippen LogP contribution is 2.15. The van der Waals surface area contributed by atoms with E-state index >= 15 is 0 Å². The normalized spacial score (nSPS) is 12.8. The Balaban J connectivity index is 0.00000729. The molecule has 0 saturated heterocycles. The van der Waals surface area contributed by atoms with E-state index in [1.165, 1.54) is 6.07 Å². The van der Waals surface area contributed by atoms with Crippen LogP contribution in [0.5, 0.6) is 0 Å². The first-order valence-electron chi connectivity index (χ1n) is 9.90. The number of rotatable bonds is 11. The van der Waals surface area contributed by atoms with Crippen LogP contribution in [0.2, 0.25) is 0 Å². The molecule has 0 radical (unpaired) electrons. The monoisotopic (exact) mass is 508 g/mol. The van der Waals surface area contributed by atoms with Crippen LogP contribution in [0.25, 0.3) is 0 Å². The van der Waals surface area contributed by atoms with Gasteiger partial charge in [0.25, 0.3) is 0 Å². The van der Waals surface area contributed by atoms with Gasteiger partial charge in [-0.05, 0) is 63.4 Å². The number of nitrogens with zero attached hydrogens (tertiary/aromatic N) is 2. The molecule has 0 aliphatic heterocycles. The largest absolute Gasteiger partial charge is 0.396 e. The minimum Gasteiger partial charge on any atom is -0.396 e. The third kappa shape index (κ3) is 11.2. The predicted octanol–water partition coefficient (Wildman–Crippen LogP) is 3.61. The fourth-order valence-electron chi connectivity index (χ4n) is 3.09. The summed E-state index contributed by atoms with van der Waals surface area (Å²) in [6.07, 6.45) is 1.86. The lowest BCUT2D eigenvalue weighted by Crippen LogP contribution is -2.40. The van der Waals surface area contributed by atoms with E-state index in [-0.39, 0.29) is 36.4 Å². The van der Waals surface area contributed by atoms with Crippen LogP contribution in [0.1, 0.15) is 44.7 Å². The Kier molecular flexibility index (Phi) is 14.5. The lowest BCUT2D eigenvalue weighted by atomic mass is 9.94. The molecule has 1 atom stereocenters. The summed E-state index contributed by atoms with van der Waals surface area (Å²) in [7, 11) is 3.86. The molecule has 0 fully saturated rings. The first-order valence-corrected chi connectivity index (χ1v) is 9.90. The summed E-state index contributed by atoms with van der Waals surface area (Å²) in [6, 6.07) is 5.19. The average Bonchev–Trinajstić information content (AvgIpc) is 2.59. The lowest BCUT2D eigenvalue weighted by Gasteiger charge is -2.20. The molecule has 1 unspecified atom stereocenters. The maximum Gasteiger partial charge on any atom is 0.191 e. The fraction of sp³-hybridized carbons (Fsp3) is 0.667. The molecule has 28 heavy (non-hydrogen) atoms. The Morgan fingerprint density at radius 3 is 2.54 bits per heavy atom. The fourth-order valence-corrected chi connectivity index (χ4v) is 3.09. The smallest absolute Gasteiger partial charge is 0.191 e. The molecule has 0 aromatic heterocycles. The summed E-state index contributed by atoms with van der Waals surface area (Å²) >= 11 is 0. The number of nitrogens with one attached hydrogen (secondary N) is 2. The van der Waals surface area contributed by atoms with Crippen LogP contribution in [0, 0.1) is 17.7 Å². The standard InChI is InChI=1S/C21H37FN4O.HI/c1-6-23-21(25-14-18(9-10-27)11-16(2)3)24-13-17-7-8-20(22)19(12-17)15-26(4)5;/h7-8,12,16,18,27H,6,9-11,13-15H2,1-5H3,(H2,23,24,25);1H. The SMILES string of the molecule is CCNC(=NCc1ccc(F)c(CN(C)C)c1)NCC(CCO)CC(C)C.I. The van der Waals surface area contributed by atoms with Crippen LogP contribution >= 0.6 is 24.0 Å². The van der Waals surface area contributed by atoms with Gasteiger partial charge in [0.05, 0.1) is 6.54 Å². The Bertz CT molecular complexity index is 582. The number of halogens is 2. The van der Waals surface area contributed by atoms with Gasteiger partial charge in [-0.2, -0.15) is 0 Å². The van der Waals surface area contributed by atoms with Gasteiger partial charge in [-0.15, -0.1) is 24.0 Å². The zero-order valence-corrected chi connectivity index (χ0v) is 20.3. The van der Waals surface area contributed by atoms with Crippen molar-refractivity contribution in [1.29, 1.82) is 0 Å². The van der Waals surface area contributed by atoms with Crippen LogP contribution in [0.4, 0.5) is 4.39 Å². The third-order valence-corrected chi connectivity index (χ3v) is 4.26. The highest BCUT2D eigenvalue weighted by atomic mass is 127. The molecular weight excluding hydrogens is 470 g/mol. The van der Waals surface area contributed by atoms with Crippen molar-refractivity contribution in [2.45, 2.75) is 46.7 Å². The average molecular weight is 508 g/mol. The molecule has 0 aliphatic carbocycles. The maximum absolute atomic E-state index is 13.9. The van der Waals surface area contributed by atoms with Crippen molar-refractivity contribution >= 4 is 29.9 Å². The zero-order valence-electron chi connectivity index (χ0n) is 18.0. The highest BCUT2D eigenvalue weighted by Gasteiger charge is 2.11. The van der Waals surface area contributed by atoms with E-state index in [0.717, 1.165) is 37.5 Å². The summed E-state index contributed by atoms with van der Waals surface area (Å²) in [5.74, 6) is 1.58. The van der Waals surface area contributed by atoms with E-state index in [1.807, 2.05) is 32.0 Å².